The number of ether oxygens (including phenoxy) is 4. The van der Waals surface area contributed by atoms with E-state index in [4.69, 9.17) is 18.9 Å². The van der Waals surface area contributed by atoms with Crippen molar-refractivity contribution in [2.75, 3.05) is 26.4 Å². The molecule has 1 rings (SSSR count). The summed E-state index contributed by atoms with van der Waals surface area (Å²) in [5, 5.41) is 40.1. The first-order valence-electron chi connectivity index (χ1n) is 23.1. The maximum absolute atomic E-state index is 12.8. The molecule has 0 aromatic rings. The zero-order chi connectivity index (χ0) is 39.3. The first-order chi connectivity index (χ1) is 26.4. The number of hydrogen-bond donors (Lipinski definition) is 4. The van der Waals surface area contributed by atoms with Gasteiger partial charge in [-0.25, -0.2) is 0 Å². The van der Waals surface area contributed by atoms with Crippen molar-refractivity contribution >= 4 is 5.97 Å². The number of esters is 1. The lowest BCUT2D eigenvalue weighted by Crippen LogP contribution is -2.59. The molecule has 6 unspecified atom stereocenters. The van der Waals surface area contributed by atoms with Gasteiger partial charge in [-0.1, -0.05) is 200 Å². The van der Waals surface area contributed by atoms with Gasteiger partial charge < -0.3 is 39.4 Å². The van der Waals surface area contributed by atoms with Crippen LogP contribution in [0.5, 0.6) is 0 Å². The largest absolute Gasteiger partial charge is 0.457 e. The third kappa shape index (κ3) is 28.6. The van der Waals surface area contributed by atoms with E-state index in [2.05, 4.69) is 13.8 Å². The Kier molecular flexibility index (Phi) is 35.8. The first kappa shape index (κ1) is 51.2. The average Bonchev–Trinajstić information content (AvgIpc) is 3.17. The molecule has 0 aromatic heterocycles. The highest BCUT2D eigenvalue weighted by Gasteiger charge is 2.44. The number of carbonyl (C=O) groups is 1. The summed E-state index contributed by atoms with van der Waals surface area (Å²) in [5.74, 6) is -0.307. The second-order valence-corrected chi connectivity index (χ2v) is 16.2. The monoisotopic (exact) mass is 773 g/mol. The highest BCUT2D eigenvalue weighted by atomic mass is 16.7. The smallest absolute Gasteiger partial charge is 0.306 e. The standard InChI is InChI=1S/C45H88O9/c1-3-5-7-9-11-13-15-17-19-20-21-22-24-26-28-30-32-34-41(47)53-39(38-52-45-44(50)43(49)42(48)40(36-46)54-45)37-51-35-33-31-29-27-25-23-18-16-14-12-10-8-6-4-2/h39-40,42-46,48-50H,3-38H2,1-2H3. The van der Waals surface area contributed by atoms with Crippen LogP contribution in [-0.2, 0) is 23.7 Å². The molecule has 322 valence electrons. The molecule has 4 N–H and O–H groups in total. The van der Waals surface area contributed by atoms with Crippen molar-refractivity contribution in [2.24, 2.45) is 0 Å². The van der Waals surface area contributed by atoms with Gasteiger partial charge in [0.15, 0.2) is 6.29 Å². The molecule has 1 heterocycles. The fraction of sp³-hybridized carbons (Fsp3) is 0.978. The summed E-state index contributed by atoms with van der Waals surface area (Å²) in [5.41, 5.74) is 0. The summed E-state index contributed by atoms with van der Waals surface area (Å²) in [7, 11) is 0. The van der Waals surface area contributed by atoms with Gasteiger partial charge >= 0.3 is 5.97 Å². The third-order valence-electron chi connectivity index (χ3n) is 11.0. The van der Waals surface area contributed by atoms with Crippen molar-refractivity contribution < 1.29 is 44.2 Å². The summed E-state index contributed by atoms with van der Waals surface area (Å²) in [6.45, 7) is 4.61. The second-order valence-electron chi connectivity index (χ2n) is 16.2. The van der Waals surface area contributed by atoms with Crippen molar-refractivity contribution in [1.29, 1.82) is 0 Å². The Morgan fingerprint density at radius 1 is 0.519 bits per heavy atom. The van der Waals surface area contributed by atoms with Crippen molar-refractivity contribution in [3.8, 4) is 0 Å². The lowest BCUT2D eigenvalue weighted by molar-refractivity contribution is -0.305. The molecule has 9 nitrogen and oxygen atoms in total. The molecule has 0 bridgehead atoms. The number of unbranched alkanes of at least 4 members (excludes halogenated alkanes) is 29. The number of hydrogen-bond acceptors (Lipinski definition) is 9. The lowest BCUT2D eigenvalue weighted by atomic mass is 9.99. The Morgan fingerprint density at radius 2 is 0.907 bits per heavy atom. The number of rotatable bonds is 40. The van der Waals surface area contributed by atoms with Crippen LogP contribution in [0.2, 0.25) is 0 Å². The Balaban J connectivity index is 2.23. The van der Waals surface area contributed by atoms with Crippen molar-refractivity contribution in [3.05, 3.63) is 0 Å². The summed E-state index contributed by atoms with van der Waals surface area (Å²) in [4.78, 5) is 12.8. The highest BCUT2D eigenvalue weighted by molar-refractivity contribution is 5.69. The lowest BCUT2D eigenvalue weighted by Gasteiger charge is -2.39. The van der Waals surface area contributed by atoms with E-state index in [1.54, 1.807) is 0 Å². The van der Waals surface area contributed by atoms with Crippen LogP contribution in [0.25, 0.3) is 0 Å². The van der Waals surface area contributed by atoms with Gasteiger partial charge in [0, 0.05) is 13.0 Å². The van der Waals surface area contributed by atoms with Gasteiger partial charge in [-0.05, 0) is 12.8 Å². The van der Waals surface area contributed by atoms with Crippen molar-refractivity contribution in [2.45, 2.75) is 256 Å². The van der Waals surface area contributed by atoms with Crippen LogP contribution < -0.4 is 0 Å². The van der Waals surface area contributed by atoms with E-state index in [0.717, 1.165) is 32.1 Å². The fourth-order valence-corrected chi connectivity index (χ4v) is 7.38. The van der Waals surface area contributed by atoms with Gasteiger partial charge in [0.05, 0.1) is 19.8 Å². The zero-order valence-electron chi connectivity index (χ0n) is 35.3. The minimum atomic E-state index is -1.53. The molecule has 1 aliphatic rings. The van der Waals surface area contributed by atoms with Crippen LogP contribution in [0.4, 0.5) is 0 Å². The molecule has 6 atom stereocenters. The molecular weight excluding hydrogens is 684 g/mol. The predicted octanol–water partition coefficient (Wildman–Crippen LogP) is 10.3. The zero-order valence-corrected chi connectivity index (χ0v) is 35.3. The van der Waals surface area contributed by atoms with E-state index in [1.165, 1.54) is 167 Å². The van der Waals surface area contributed by atoms with E-state index < -0.39 is 43.4 Å². The van der Waals surface area contributed by atoms with Crippen molar-refractivity contribution in [1.82, 2.24) is 0 Å². The van der Waals surface area contributed by atoms with Gasteiger partial charge in [0.25, 0.3) is 0 Å². The van der Waals surface area contributed by atoms with Gasteiger partial charge in [0.1, 0.15) is 30.5 Å². The normalized spacial score (nSPS) is 20.7. The van der Waals surface area contributed by atoms with Crippen LogP contribution in [-0.4, -0.2) is 89.6 Å². The molecule has 1 saturated heterocycles. The predicted molar refractivity (Wildman–Crippen MR) is 220 cm³/mol. The van der Waals surface area contributed by atoms with Crippen LogP contribution in [0.15, 0.2) is 0 Å². The maximum atomic E-state index is 12.8. The van der Waals surface area contributed by atoms with Crippen LogP contribution in [0.1, 0.15) is 219 Å². The topological polar surface area (TPSA) is 135 Å². The molecule has 0 spiro atoms. The molecule has 0 amide bonds. The van der Waals surface area contributed by atoms with Gasteiger partial charge in [-0.2, -0.15) is 0 Å². The molecule has 54 heavy (non-hydrogen) atoms. The summed E-state index contributed by atoms with van der Waals surface area (Å²) < 4.78 is 22.8. The fourth-order valence-electron chi connectivity index (χ4n) is 7.38. The number of aliphatic hydroxyl groups is 4. The van der Waals surface area contributed by atoms with E-state index in [9.17, 15) is 25.2 Å². The number of aliphatic hydroxyl groups excluding tert-OH is 4. The van der Waals surface area contributed by atoms with E-state index in [-0.39, 0.29) is 19.2 Å². The van der Waals surface area contributed by atoms with Crippen LogP contribution in [0.3, 0.4) is 0 Å². The van der Waals surface area contributed by atoms with Gasteiger partial charge in [0.2, 0.25) is 0 Å². The molecule has 0 radical (unpaired) electrons. The van der Waals surface area contributed by atoms with Gasteiger partial charge in [-0.15, -0.1) is 0 Å². The molecule has 9 heteroatoms. The molecule has 0 saturated carbocycles. The van der Waals surface area contributed by atoms with Crippen molar-refractivity contribution in [3.63, 3.8) is 0 Å². The first-order valence-corrected chi connectivity index (χ1v) is 23.1. The van der Waals surface area contributed by atoms with E-state index >= 15 is 0 Å². The van der Waals surface area contributed by atoms with E-state index in [0.29, 0.717) is 13.0 Å². The summed E-state index contributed by atoms with van der Waals surface area (Å²) in [6.07, 6.45) is 32.7. The number of carbonyl (C=O) groups excluding carboxylic acids is 1. The molecular formula is C45H88O9. The Labute approximate surface area is 332 Å². The average molecular weight is 773 g/mol. The molecule has 0 aromatic carbocycles. The SMILES string of the molecule is CCCCCCCCCCCCCCCCCCCC(=O)OC(COCCCCCCCCCCCCCCCC)COC1OC(CO)C(O)C(O)C1O. The van der Waals surface area contributed by atoms with E-state index in [1.807, 2.05) is 0 Å². The van der Waals surface area contributed by atoms with Crippen LogP contribution >= 0.6 is 0 Å². The Morgan fingerprint density at radius 3 is 1.31 bits per heavy atom. The molecule has 1 fully saturated rings. The third-order valence-corrected chi connectivity index (χ3v) is 11.0. The van der Waals surface area contributed by atoms with Gasteiger partial charge in [-0.3, -0.25) is 4.79 Å². The quantitative estimate of drug-likeness (QED) is 0.0355. The Hall–Kier alpha value is -0.810. The second kappa shape index (κ2) is 37.7. The molecule has 0 aliphatic carbocycles. The van der Waals surface area contributed by atoms with Crippen LogP contribution in [0, 0.1) is 0 Å². The maximum Gasteiger partial charge on any atom is 0.306 e. The minimum absolute atomic E-state index is 0.105. The minimum Gasteiger partial charge on any atom is -0.457 e. The highest BCUT2D eigenvalue weighted by Crippen LogP contribution is 2.23. The Bertz CT molecular complexity index is 797. The summed E-state index contributed by atoms with van der Waals surface area (Å²) >= 11 is 0. The molecule has 1 aliphatic heterocycles. The summed E-state index contributed by atoms with van der Waals surface area (Å²) in [6, 6.07) is 0.